The molecular formula is C27H33N7O4. The van der Waals surface area contributed by atoms with Gasteiger partial charge in [-0.25, -0.2) is 15.0 Å². The Morgan fingerprint density at radius 3 is 2.71 bits per heavy atom. The van der Waals surface area contributed by atoms with Crippen LogP contribution in [0.25, 0.3) is 11.2 Å². The standard InChI is InChI=1S/C27H33N7O4/c1-26(2)37-20-18(12-33-13-27(14-33)10-6-7-11-31-27)36-25(21(20)38-26)34-16-30-19-22(28-15-29-23(19)34)32-24(35)17-8-4-3-5-9-17/h3-5,8-9,15-16,18,20-21,25,31H,6-7,10-14H2,1-2H3,(H,28,29,32,35)/t18?,20-,21-,25?/m1/s1. The maximum atomic E-state index is 12.8. The smallest absolute Gasteiger partial charge is 0.256 e. The van der Waals surface area contributed by atoms with Gasteiger partial charge in [0.1, 0.15) is 24.6 Å². The van der Waals surface area contributed by atoms with Crippen molar-refractivity contribution in [3.8, 4) is 0 Å². The zero-order chi connectivity index (χ0) is 25.9. The van der Waals surface area contributed by atoms with Crippen LogP contribution < -0.4 is 10.6 Å². The maximum Gasteiger partial charge on any atom is 0.256 e. The molecule has 0 saturated carbocycles. The van der Waals surface area contributed by atoms with Crippen LogP contribution in [0.2, 0.25) is 0 Å². The lowest BCUT2D eigenvalue weighted by atomic mass is 9.81. The Morgan fingerprint density at radius 2 is 1.92 bits per heavy atom. The summed E-state index contributed by atoms with van der Waals surface area (Å²) in [4.78, 5) is 28.5. The molecule has 1 amide bonds. The van der Waals surface area contributed by atoms with E-state index in [1.807, 2.05) is 36.6 Å². The van der Waals surface area contributed by atoms with E-state index in [2.05, 4.69) is 30.5 Å². The van der Waals surface area contributed by atoms with Crippen molar-refractivity contribution in [3.05, 3.63) is 48.5 Å². The van der Waals surface area contributed by atoms with Gasteiger partial charge in [-0.2, -0.15) is 0 Å². The van der Waals surface area contributed by atoms with Crippen LogP contribution in [-0.4, -0.2) is 86.1 Å². The molecule has 0 radical (unpaired) electrons. The summed E-state index contributed by atoms with van der Waals surface area (Å²) in [6.07, 6.45) is 5.77. The van der Waals surface area contributed by atoms with Crippen molar-refractivity contribution in [2.75, 3.05) is 31.5 Å². The molecule has 0 aliphatic carbocycles. The van der Waals surface area contributed by atoms with Gasteiger partial charge >= 0.3 is 0 Å². The Bertz CT molecular complexity index is 1330. The van der Waals surface area contributed by atoms with E-state index in [1.165, 1.54) is 25.6 Å². The number of rotatable bonds is 5. The summed E-state index contributed by atoms with van der Waals surface area (Å²) in [5.74, 6) is -0.619. The first-order chi connectivity index (χ1) is 18.4. The largest absolute Gasteiger partial charge is 0.348 e. The number of amides is 1. The first kappa shape index (κ1) is 24.1. The summed E-state index contributed by atoms with van der Waals surface area (Å²) in [5, 5.41) is 6.60. The van der Waals surface area contributed by atoms with Crippen LogP contribution in [0.3, 0.4) is 0 Å². The Kier molecular flexibility index (Phi) is 5.75. The number of ether oxygens (including phenoxy) is 3. The van der Waals surface area contributed by atoms with E-state index in [1.54, 1.807) is 18.5 Å². The van der Waals surface area contributed by atoms with Crippen LogP contribution in [0.5, 0.6) is 0 Å². The highest BCUT2D eigenvalue weighted by molar-refractivity contribution is 6.06. The number of carbonyl (C=O) groups excluding carboxylic acids is 1. The van der Waals surface area contributed by atoms with Gasteiger partial charge in [-0.15, -0.1) is 0 Å². The van der Waals surface area contributed by atoms with Crippen LogP contribution >= 0.6 is 0 Å². The molecule has 0 bridgehead atoms. The minimum atomic E-state index is -0.711. The van der Waals surface area contributed by atoms with Crippen LogP contribution in [0, 0.1) is 0 Å². The number of carbonyl (C=O) groups is 1. The predicted molar refractivity (Wildman–Crippen MR) is 138 cm³/mol. The van der Waals surface area contributed by atoms with Crippen molar-refractivity contribution < 1.29 is 19.0 Å². The van der Waals surface area contributed by atoms with Gasteiger partial charge in [-0.3, -0.25) is 14.3 Å². The molecule has 200 valence electrons. The van der Waals surface area contributed by atoms with Crippen molar-refractivity contribution in [3.63, 3.8) is 0 Å². The third-order valence-electron chi connectivity index (χ3n) is 8.10. The molecule has 38 heavy (non-hydrogen) atoms. The summed E-state index contributed by atoms with van der Waals surface area (Å²) >= 11 is 0. The third-order valence-corrected chi connectivity index (χ3v) is 8.10. The number of hydrogen-bond acceptors (Lipinski definition) is 9. The van der Waals surface area contributed by atoms with E-state index < -0.39 is 12.0 Å². The van der Waals surface area contributed by atoms with Crippen molar-refractivity contribution >= 4 is 22.9 Å². The zero-order valence-electron chi connectivity index (χ0n) is 21.7. The van der Waals surface area contributed by atoms with E-state index in [0.29, 0.717) is 22.5 Å². The molecule has 4 aliphatic heterocycles. The van der Waals surface area contributed by atoms with Crippen molar-refractivity contribution in [1.29, 1.82) is 0 Å². The molecule has 1 aromatic carbocycles. The molecule has 3 aromatic rings. The third kappa shape index (κ3) is 4.18. The quantitative estimate of drug-likeness (QED) is 0.524. The van der Waals surface area contributed by atoms with Gasteiger partial charge in [0.2, 0.25) is 0 Å². The topological polar surface area (TPSA) is 116 Å². The van der Waals surface area contributed by atoms with Crippen LogP contribution in [0.1, 0.15) is 49.7 Å². The van der Waals surface area contributed by atoms with Gasteiger partial charge in [-0.05, 0) is 45.4 Å². The summed E-state index contributed by atoms with van der Waals surface area (Å²) in [5.41, 5.74) is 1.86. The highest BCUT2D eigenvalue weighted by Gasteiger charge is 2.57. The van der Waals surface area contributed by atoms with E-state index >= 15 is 0 Å². The number of aromatic nitrogens is 4. The number of piperidine rings is 1. The summed E-state index contributed by atoms with van der Waals surface area (Å²) in [7, 11) is 0. The molecule has 1 spiro atoms. The molecule has 2 aromatic heterocycles. The normalized spacial score (nSPS) is 29.8. The average Bonchev–Trinajstić information content (AvgIpc) is 3.56. The average molecular weight is 520 g/mol. The number of nitrogens with one attached hydrogen (secondary N) is 2. The number of anilines is 1. The SMILES string of the molecule is CC1(C)O[C@@H]2C(CN3CC4(CCCCN4)C3)OC(n3cnc4c(NC(=O)c5ccccc5)ncnc43)[C@@H]2O1. The van der Waals surface area contributed by atoms with Gasteiger partial charge in [-0.1, -0.05) is 24.6 Å². The van der Waals surface area contributed by atoms with E-state index in [0.717, 1.165) is 26.2 Å². The minimum Gasteiger partial charge on any atom is -0.348 e. The number of benzene rings is 1. The van der Waals surface area contributed by atoms with Gasteiger partial charge in [0, 0.05) is 30.7 Å². The molecular weight excluding hydrogens is 486 g/mol. The molecule has 4 atom stereocenters. The maximum absolute atomic E-state index is 12.8. The molecule has 4 fully saturated rings. The zero-order valence-corrected chi connectivity index (χ0v) is 21.7. The van der Waals surface area contributed by atoms with Crippen LogP contribution in [-0.2, 0) is 14.2 Å². The Labute approximate surface area is 220 Å². The highest BCUT2D eigenvalue weighted by Crippen LogP contribution is 2.44. The number of fused-ring (bicyclic) bond motifs is 2. The Balaban J connectivity index is 1.12. The second-order valence-electron chi connectivity index (χ2n) is 11.3. The van der Waals surface area contributed by atoms with Gasteiger partial charge in [0.15, 0.2) is 29.0 Å². The molecule has 4 saturated heterocycles. The van der Waals surface area contributed by atoms with Crippen molar-refractivity contribution in [2.45, 2.75) is 69.0 Å². The Morgan fingerprint density at radius 1 is 1.11 bits per heavy atom. The fourth-order valence-corrected chi connectivity index (χ4v) is 6.42. The highest BCUT2D eigenvalue weighted by atomic mass is 16.8. The Hall–Kier alpha value is -2.96. The molecule has 11 nitrogen and oxygen atoms in total. The molecule has 7 rings (SSSR count). The van der Waals surface area contributed by atoms with Crippen molar-refractivity contribution in [2.24, 2.45) is 0 Å². The first-order valence-corrected chi connectivity index (χ1v) is 13.4. The van der Waals surface area contributed by atoms with E-state index in [9.17, 15) is 4.79 Å². The first-order valence-electron chi connectivity index (χ1n) is 13.4. The lowest BCUT2D eigenvalue weighted by Gasteiger charge is -2.53. The van der Waals surface area contributed by atoms with Crippen molar-refractivity contribution in [1.82, 2.24) is 29.7 Å². The van der Waals surface area contributed by atoms with Gasteiger partial charge < -0.3 is 24.8 Å². The number of nitrogens with zero attached hydrogens (tertiary/aromatic N) is 5. The second kappa shape index (κ2) is 9.06. The molecule has 6 heterocycles. The van der Waals surface area contributed by atoms with Crippen LogP contribution in [0.4, 0.5) is 5.82 Å². The van der Waals surface area contributed by atoms with E-state index in [-0.39, 0.29) is 29.8 Å². The molecule has 11 heteroatoms. The number of likely N-dealkylation sites (tertiary alicyclic amines) is 1. The van der Waals surface area contributed by atoms with E-state index in [4.69, 9.17) is 14.2 Å². The fourth-order valence-electron chi connectivity index (χ4n) is 6.42. The van der Waals surface area contributed by atoms with Gasteiger partial charge in [0.25, 0.3) is 5.91 Å². The lowest BCUT2D eigenvalue weighted by Crippen LogP contribution is -2.71. The summed E-state index contributed by atoms with van der Waals surface area (Å²) in [6, 6.07) is 9.01. The summed E-state index contributed by atoms with van der Waals surface area (Å²) < 4.78 is 21.2. The van der Waals surface area contributed by atoms with Crippen LogP contribution in [0.15, 0.2) is 43.0 Å². The summed E-state index contributed by atoms with van der Waals surface area (Å²) in [6.45, 7) is 7.83. The fraction of sp³-hybridized carbons (Fsp3) is 0.556. The monoisotopic (exact) mass is 519 g/mol. The lowest BCUT2D eigenvalue weighted by molar-refractivity contribution is -0.200. The predicted octanol–water partition coefficient (Wildman–Crippen LogP) is 2.32. The molecule has 4 aliphatic rings. The molecule has 2 N–H and O–H groups in total. The van der Waals surface area contributed by atoms with Gasteiger partial charge in [0.05, 0.1) is 6.33 Å². The second-order valence-corrected chi connectivity index (χ2v) is 11.3. The number of imidazole rings is 1. The minimum absolute atomic E-state index is 0.149. The number of hydrogen-bond donors (Lipinski definition) is 2. The molecule has 2 unspecified atom stereocenters.